The van der Waals surface area contributed by atoms with Gasteiger partial charge < -0.3 is 5.11 Å². The third kappa shape index (κ3) is 2.71. The van der Waals surface area contributed by atoms with Crippen molar-refractivity contribution < 1.29 is 14.3 Å². The van der Waals surface area contributed by atoms with E-state index < -0.39 is 17.7 Å². The number of halogens is 1. The number of aromatic nitrogens is 1. The number of pyridine rings is 1. The first-order valence-electron chi connectivity index (χ1n) is 5.55. The van der Waals surface area contributed by atoms with Gasteiger partial charge in [-0.2, -0.15) is 0 Å². The maximum absolute atomic E-state index is 13.6. The predicted molar refractivity (Wildman–Crippen MR) is 64.7 cm³/mol. The first kappa shape index (κ1) is 12.2. The number of hydrogen-bond donors (Lipinski definition) is 1. The van der Waals surface area contributed by atoms with Gasteiger partial charge in [0.25, 0.3) is 0 Å². The minimum atomic E-state index is -1.07. The lowest BCUT2D eigenvalue weighted by atomic mass is 9.95. The maximum Gasteiger partial charge on any atom is 0.313 e. The van der Waals surface area contributed by atoms with Crippen LogP contribution in [0.1, 0.15) is 17.2 Å². The average Bonchev–Trinajstić information content (AvgIpc) is 2.38. The number of hydrogen-bond acceptors (Lipinski definition) is 2. The van der Waals surface area contributed by atoms with E-state index in [4.69, 9.17) is 0 Å². The number of carboxylic acids is 1. The minimum Gasteiger partial charge on any atom is -0.481 e. The molecule has 0 saturated carbocycles. The summed E-state index contributed by atoms with van der Waals surface area (Å²) in [5, 5.41) is 9.21. The van der Waals surface area contributed by atoms with Crippen molar-refractivity contribution in [3.8, 4) is 0 Å². The quantitative estimate of drug-likeness (QED) is 0.900. The molecule has 1 N–H and O–H groups in total. The average molecular weight is 245 g/mol. The number of aliphatic carboxylic acids is 1. The van der Waals surface area contributed by atoms with E-state index in [1.807, 2.05) is 30.3 Å². The summed E-state index contributed by atoms with van der Waals surface area (Å²) in [6.07, 6.45) is 1.63. The fourth-order valence-electron chi connectivity index (χ4n) is 1.81. The fourth-order valence-corrected chi connectivity index (χ4v) is 1.81. The lowest BCUT2D eigenvalue weighted by molar-refractivity contribution is -0.138. The number of carbonyl (C=O) groups is 1. The summed E-state index contributed by atoms with van der Waals surface area (Å²) >= 11 is 0. The molecule has 18 heavy (non-hydrogen) atoms. The Hall–Kier alpha value is -2.23. The normalized spacial score (nSPS) is 12.1. The van der Waals surface area contributed by atoms with Crippen LogP contribution in [0.3, 0.4) is 0 Å². The zero-order chi connectivity index (χ0) is 13.0. The lowest BCUT2D eigenvalue weighted by Gasteiger charge is -2.12. The molecule has 1 atom stereocenters. The molecule has 92 valence electrons. The Kier molecular flexibility index (Phi) is 3.67. The van der Waals surface area contributed by atoms with Crippen LogP contribution in [0.4, 0.5) is 4.39 Å². The second-order valence-electron chi connectivity index (χ2n) is 3.95. The minimum absolute atomic E-state index is 0.0196. The molecule has 0 aliphatic rings. The van der Waals surface area contributed by atoms with E-state index in [2.05, 4.69) is 4.98 Å². The largest absolute Gasteiger partial charge is 0.481 e. The number of rotatable bonds is 4. The standard InChI is InChI=1S/C14H12FNO2/c15-12-7-4-8-16-13(12)11(14(17)18)9-10-5-2-1-3-6-10/h1-8,11H,9H2,(H,17,18). The molecule has 0 amide bonds. The van der Waals surface area contributed by atoms with Gasteiger partial charge in [-0.05, 0) is 24.1 Å². The predicted octanol–water partition coefficient (Wildman–Crippen LogP) is 2.63. The van der Waals surface area contributed by atoms with Crippen molar-refractivity contribution in [3.05, 3.63) is 65.7 Å². The maximum atomic E-state index is 13.6. The molecule has 4 heteroatoms. The van der Waals surface area contributed by atoms with Crippen molar-refractivity contribution in [2.45, 2.75) is 12.3 Å². The van der Waals surface area contributed by atoms with Crippen molar-refractivity contribution in [1.82, 2.24) is 4.98 Å². The van der Waals surface area contributed by atoms with Crippen LogP contribution in [-0.2, 0) is 11.2 Å². The molecule has 0 aliphatic carbocycles. The first-order chi connectivity index (χ1) is 8.68. The molecule has 0 saturated heterocycles. The Balaban J connectivity index is 2.30. The van der Waals surface area contributed by atoms with E-state index in [1.54, 1.807) is 0 Å². The fraction of sp³-hybridized carbons (Fsp3) is 0.143. The third-order valence-corrected chi connectivity index (χ3v) is 2.70. The van der Waals surface area contributed by atoms with Crippen LogP contribution >= 0.6 is 0 Å². The monoisotopic (exact) mass is 245 g/mol. The van der Waals surface area contributed by atoms with Crippen LogP contribution in [0.15, 0.2) is 48.7 Å². The van der Waals surface area contributed by atoms with E-state index in [0.29, 0.717) is 0 Å². The zero-order valence-corrected chi connectivity index (χ0v) is 9.58. The van der Waals surface area contributed by atoms with E-state index >= 15 is 0 Å². The zero-order valence-electron chi connectivity index (χ0n) is 9.58. The third-order valence-electron chi connectivity index (χ3n) is 2.70. The Bertz CT molecular complexity index is 543. The van der Waals surface area contributed by atoms with Crippen molar-refractivity contribution in [3.63, 3.8) is 0 Å². The van der Waals surface area contributed by atoms with Crippen LogP contribution in [0, 0.1) is 5.82 Å². The van der Waals surface area contributed by atoms with E-state index in [1.165, 1.54) is 18.3 Å². The number of nitrogens with zero attached hydrogens (tertiary/aromatic N) is 1. The van der Waals surface area contributed by atoms with E-state index in [9.17, 15) is 14.3 Å². The number of benzene rings is 1. The summed E-state index contributed by atoms with van der Waals surface area (Å²) in [5.74, 6) is -2.62. The van der Waals surface area contributed by atoms with Gasteiger partial charge in [0.1, 0.15) is 11.7 Å². The molecule has 2 aromatic rings. The molecule has 0 radical (unpaired) electrons. The van der Waals surface area contributed by atoms with Crippen LogP contribution in [0.2, 0.25) is 0 Å². The van der Waals surface area contributed by atoms with Gasteiger partial charge in [0.2, 0.25) is 0 Å². The van der Waals surface area contributed by atoms with Crippen molar-refractivity contribution in [2.24, 2.45) is 0 Å². The molecule has 3 nitrogen and oxygen atoms in total. The Morgan fingerprint density at radius 3 is 2.56 bits per heavy atom. The lowest BCUT2D eigenvalue weighted by Crippen LogP contribution is -2.17. The highest BCUT2D eigenvalue weighted by Crippen LogP contribution is 2.21. The van der Waals surface area contributed by atoms with Gasteiger partial charge in [0, 0.05) is 6.20 Å². The van der Waals surface area contributed by atoms with Crippen molar-refractivity contribution in [2.75, 3.05) is 0 Å². The molecule has 1 unspecified atom stereocenters. The highest BCUT2D eigenvalue weighted by Gasteiger charge is 2.24. The molecular formula is C14H12FNO2. The second kappa shape index (κ2) is 5.40. The van der Waals surface area contributed by atoms with Crippen LogP contribution in [0.25, 0.3) is 0 Å². The van der Waals surface area contributed by atoms with Crippen LogP contribution < -0.4 is 0 Å². The van der Waals surface area contributed by atoms with Gasteiger partial charge in [-0.25, -0.2) is 4.39 Å². The summed E-state index contributed by atoms with van der Waals surface area (Å²) in [6.45, 7) is 0. The molecule has 1 aromatic heterocycles. The van der Waals surface area contributed by atoms with Gasteiger partial charge in [-0.1, -0.05) is 30.3 Å². The molecule has 0 aliphatic heterocycles. The van der Waals surface area contributed by atoms with E-state index in [-0.39, 0.29) is 12.1 Å². The summed E-state index contributed by atoms with van der Waals surface area (Å²) in [4.78, 5) is 15.1. The smallest absolute Gasteiger partial charge is 0.313 e. The Labute approximate surface area is 104 Å². The molecule has 0 fully saturated rings. The topological polar surface area (TPSA) is 50.2 Å². The van der Waals surface area contributed by atoms with Crippen LogP contribution in [-0.4, -0.2) is 16.1 Å². The highest BCUT2D eigenvalue weighted by atomic mass is 19.1. The first-order valence-corrected chi connectivity index (χ1v) is 5.55. The highest BCUT2D eigenvalue weighted by molar-refractivity contribution is 5.75. The van der Waals surface area contributed by atoms with Gasteiger partial charge in [0.05, 0.1) is 5.69 Å². The molecule has 0 bridgehead atoms. The summed E-state index contributed by atoms with van der Waals surface area (Å²) in [6, 6.07) is 11.8. The molecule has 0 spiro atoms. The molecule has 1 aromatic carbocycles. The summed E-state index contributed by atoms with van der Waals surface area (Å²) in [5.41, 5.74) is 0.823. The van der Waals surface area contributed by atoms with Gasteiger partial charge in [-0.3, -0.25) is 9.78 Å². The second-order valence-corrected chi connectivity index (χ2v) is 3.95. The molecule has 2 rings (SSSR count). The Morgan fingerprint density at radius 1 is 1.22 bits per heavy atom. The molecule has 1 heterocycles. The van der Waals surface area contributed by atoms with Gasteiger partial charge in [0.15, 0.2) is 0 Å². The molecular weight excluding hydrogens is 233 g/mol. The summed E-state index contributed by atoms with van der Waals surface area (Å²) in [7, 11) is 0. The van der Waals surface area contributed by atoms with Gasteiger partial charge >= 0.3 is 5.97 Å². The van der Waals surface area contributed by atoms with E-state index in [0.717, 1.165) is 5.56 Å². The van der Waals surface area contributed by atoms with Crippen molar-refractivity contribution in [1.29, 1.82) is 0 Å². The van der Waals surface area contributed by atoms with Gasteiger partial charge in [-0.15, -0.1) is 0 Å². The number of carboxylic acid groups (broad SMARTS) is 1. The Morgan fingerprint density at radius 2 is 1.94 bits per heavy atom. The van der Waals surface area contributed by atoms with Crippen molar-refractivity contribution >= 4 is 5.97 Å². The summed E-state index contributed by atoms with van der Waals surface area (Å²) < 4.78 is 13.6. The van der Waals surface area contributed by atoms with Crippen LogP contribution in [0.5, 0.6) is 0 Å². The SMILES string of the molecule is O=C(O)C(Cc1ccccc1)c1ncccc1F.